The molecule has 0 bridgehead atoms. The average Bonchev–Trinajstić information content (AvgIpc) is 2.19. The molecular weight excluding hydrogens is 236 g/mol. The number of hydrogen-bond acceptors (Lipinski definition) is 1. The maximum atomic E-state index is 13.4. The van der Waals surface area contributed by atoms with E-state index in [4.69, 9.17) is 5.73 Å². The summed E-state index contributed by atoms with van der Waals surface area (Å²) >= 11 is 0. The van der Waals surface area contributed by atoms with Crippen molar-refractivity contribution in [2.75, 3.05) is 0 Å². The van der Waals surface area contributed by atoms with Gasteiger partial charge in [0.25, 0.3) is 0 Å². The van der Waals surface area contributed by atoms with Crippen molar-refractivity contribution in [3.63, 3.8) is 0 Å². The summed E-state index contributed by atoms with van der Waals surface area (Å²) in [6.07, 6.45) is 0.352. The molecule has 1 atom stereocenters. The van der Waals surface area contributed by atoms with Gasteiger partial charge in [0.2, 0.25) is 0 Å². The third-order valence-electron chi connectivity index (χ3n) is 2.14. The lowest BCUT2D eigenvalue weighted by Crippen LogP contribution is -2.17. The van der Waals surface area contributed by atoms with E-state index in [9.17, 15) is 8.78 Å². The lowest BCUT2D eigenvalue weighted by atomic mass is 10.0. The van der Waals surface area contributed by atoms with E-state index in [0.717, 1.165) is 18.2 Å². The van der Waals surface area contributed by atoms with E-state index in [-0.39, 0.29) is 5.56 Å². The Labute approximate surface area is 102 Å². The van der Waals surface area contributed by atoms with Crippen LogP contribution in [0.1, 0.15) is 18.0 Å². The van der Waals surface area contributed by atoms with Crippen LogP contribution in [-0.2, 0) is 0 Å². The molecule has 0 radical (unpaired) electrons. The van der Waals surface area contributed by atoms with Gasteiger partial charge in [0.05, 0.1) is 0 Å². The van der Waals surface area contributed by atoms with Crippen molar-refractivity contribution >= 4 is 8.07 Å². The maximum Gasteiger partial charge on any atom is 0.129 e. The minimum Gasteiger partial charge on any atom is -0.323 e. The SMILES string of the molecule is C[Si](C)(C)C#CCC(N)c1cc(F)ccc1F. The summed E-state index contributed by atoms with van der Waals surface area (Å²) in [6, 6.07) is 2.74. The van der Waals surface area contributed by atoms with Crippen LogP contribution in [0.4, 0.5) is 8.78 Å². The monoisotopic (exact) mass is 253 g/mol. The highest BCUT2D eigenvalue weighted by atomic mass is 28.3. The zero-order valence-electron chi connectivity index (χ0n) is 10.3. The third-order valence-corrected chi connectivity index (χ3v) is 3.07. The predicted molar refractivity (Wildman–Crippen MR) is 69.0 cm³/mol. The third kappa shape index (κ3) is 4.68. The summed E-state index contributed by atoms with van der Waals surface area (Å²) in [6.45, 7) is 6.36. The van der Waals surface area contributed by atoms with E-state index in [1.807, 2.05) is 0 Å². The highest BCUT2D eigenvalue weighted by Crippen LogP contribution is 2.18. The summed E-state index contributed by atoms with van der Waals surface area (Å²) < 4.78 is 26.4. The fraction of sp³-hybridized carbons (Fsp3) is 0.385. The summed E-state index contributed by atoms with van der Waals surface area (Å²) in [5.41, 5.74) is 9.14. The molecule has 1 aromatic carbocycles. The van der Waals surface area contributed by atoms with Gasteiger partial charge >= 0.3 is 0 Å². The molecule has 0 spiro atoms. The van der Waals surface area contributed by atoms with Gasteiger partial charge in [0, 0.05) is 18.0 Å². The van der Waals surface area contributed by atoms with E-state index >= 15 is 0 Å². The number of hydrogen-bond donors (Lipinski definition) is 1. The Hall–Kier alpha value is -1.18. The Kier molecular flexibility index (Phi) is 4.44. The fourth-order valence-electron chi connectivity index (χ4n) is 1.33. The minimum atomic E-state index is -1.43. The van der Waals surface area contributed by atoms with Gasteiger partial charge in [-0.05, 0) is 18.2 Å². The molecule has 1 nitrogen and oxygen atoms in total. The molecule has 1 aromatic rings. The minimum absolute atomic E-state index is 0.190. The summed E-state index contributed by atoms with van der Waals surface area (Å²) in [5.74, 6) is 2.01. The van der Waals surface area contributed by atoms with E-state index < -0.39 is 25.8 Å². The molecule has 0 amide bonds. The topological polar surface area (TPSA) is 26.0 Å². The summed E-state index contributed by atoms with van der Waals surface area (Å²) in [5, 5.41) is 0. The Morgan fingerprint density at radius 3 is 2.53 bits per heavy atom. The first kappa shape index (κ1) is 13.9. The molecule has 1 rings (SSSR count). The molecule has 0 heterocycles. The molecule has 0 saturated heterocycles. The molecule has 1 unspecified atom stereocenters. The number of nitrogens with two attached hydrogens (primary N) is 1. The van der Waals surface area contributed by atoms with Gasteiger partial charge in [-0.25, -0.2) is 8.78 Å². The Balaban J connectivity index is 2.79. The van der Waals surface area contributed by atoms with Crippen molar-refractivity contribution in [1.29, 1.82) is 0 Å². The second-order valence-electron chi connectivity index (χ2n) is 5.03. The smallest absolute Gasteiger partial charge is 0.129 e. The molecule has 17 heavy (non-hydrogen) atoms. The van der Waals surface area contributed by atoms with Crippen LogP contribution < -0.4 is 5.73 Å². The van der Waals surface area contributed by atoms with Gasteiger partial charge in [-0.2, -0.15) is 0 Å². The normalized spacial score (nSPS) is 12.8. The Morgan fingerprint density at radius 1 is 1.29 bits per heavy atom. The first-order valence-electron chi connectivity index (χ1n) is 5.50. The molecule has 92 valence electrons. The van der Waals surface area contributed by atoms with E-state index in [2.05, 4.69) is 31.1 Å². The van der Waals surface area contributed by atoms with Crippen molar-refractivity contribution in [2.24, 2.45) is 5.73 Å². The van der Waals surface area contributed by atoms with Crippen molar-refractivity contribution in [3.8, 4) is 11.5 Å². The molecule has 2 N–H and O–H groups in total. The Morgan fingerprint density at radius 2 is 1.94 bits per heavy atom. The van der Waals surface area contributed by atoms with Crippen molar-refractivity contribution in [2.45, 2.75) is 32.1 Å². The summed E-state index contributed by atoms with van der Waals surface area (Å²) in [4.78, 5) is 0. The first-order chi connectivity index (χ1) is 7.79. The van der Waals surface area contributed by atoms with E-state index in [0.29, 0.717) is 6.42 Å². The zero-order valence-corrected chi connectivity index (χ0v) is 11.3. The van der Waals surface area contributed by atoms with Crippen molar-refractivity contribution in [3.05, 3.63) is 35.4 Å². The van der Waals surface area contributed by atoms with Gasteiger partial charge in [-0.1, -0.05) is 19.6 Å². The zero-order chi connectivity index (χ0) is 13.1. The molecule has 0 aliphatic carbocycles. The van der Waals surface area contributed by atoms with Crippen molar-refractivity contribution < 1.29 is 8.78 Å². The standard InChI is InChI=1S/C13H17F2NSi/c1-17(2,3)8-4-5-13(16)11-9-10(14)6-7-12(11)15/h6-7,9,13H,5,16H2,1-3H3. The highest BCUT2D eigenvalue weighted by molar-refractivity contribution is 6.83. The van der Waals surface area contributed by atoms with Crippen LogP contribution in [0, 0.1) is 23.1 Å². The van der Waals surface area contributed by atoms with Crippen LogP contribution in [0.15, 0.2) is 18.2 Å². The van der Waals surface area contributed by atoms with Crippen LogP contribution >= 0.6 is 0 Å². The highest BCUT2D eigenvalue weighted by Gasteiger charge is 2.12. The van der Waals surface area contributed by atoms with Crippen LogP contribution in [-0.4, -0.2) is 8.07 Å². The largest absolute Gasteiger partial charge is 0.323 e. The lowest BCUT2D eigenvalue weighted by Gasteiger charge is -2.10. The molecule has 0 aliphatic rings. The van der Waals surface area contributed by atoms with E-state index in [1.54, 1.807) is 0 Å². The van der Waals surface area contributed by atoms with Gasteiger partial charge < -0.3 is 5.73 Å². The van der Waals surface area contributed by atoms with Crippen molar-refractivity contribution in [1.82, 2.24) is 0 Å². The molecule has 4 heteroatoms. The van der Waals surface area contributed by atoms with Crippen LogP contribution in [0.25, 0.3) is 0 Å². The number of benzene rings is 1. The molecular formula is C13H17F2NSi. The van der Waals surface area contributed by atoms with Gasteiger partial charge in [0.1, 0.15) is 19.7 Å². The average molecular weight is 253 g/mol. The molecule has 0 saturated carbocycles. The van der Waals surface area contributed by atoms with Crippen LogP contribution in [0.2, 0.25) is 19.6 Å². The van der Waals surface area contributed by atoms with Gasteiger partial charge in [-0.15, -0.1) is 11.5 Å². The second kappa shape index (κ2) is 5.43. The molecule has 0 aliphatic heterocycles. The summed E-state index contributed by atoms with van der Waals surface area (Å²) in [7, 11) is -1.43. The quantitative estimate of drug-likeness (QED) is 0.635. The van der Waals surface area contributed by atoms with Gasteiger partial charge in [-0.3, -0.25) is 0 Å². The maximum absolute atomic E-state index is 13.4. The number of halogens is 2. The predicted octanol–water partition coefficient (Wildman–Crippen LogP) is 3.24. The number of rotatable bonds is 2. The van der Waals surface area contributed by atoms with E-state index in [1.165, 1.54) is 0 Å². The Bertz CT molecular complexity index is 455. The molecule has 0 aromatic heterocycles. The van der Waals surface area contributed by atoms with Crippen LogP contribution in [0.5, 0.6) is 0 Å². The first-order valence-corrected chi connectivity index (χ1v) is 9.00. The lowest BCUT2D eigenvalue weighted by molar-refractivity contribution is 0.565. The van der Waals surface area contributed by atoms with Gasteiger partial charge in [0.15, 0.2) is 0 Å². The fourth-order valence-corrected chi connectivity index (χ4v) is 1.97. The second-order valence-corrected chi connectivity index (χ2v) is 9.78. The molecule has 0 fully saturated rings. The van der Waals surface area contributed by atoms with Crippen LogP contribution in [0.3, 0.4) is 0 Å².